The first kappa shape index (κ1) is 17.0. The molecular formula is C15H19ClN2O3S. The summed E-state index contributed by atoms with van der Waals surface area (Å²) < 4.78 is 5.34. The maximum Gasteiger partial charge on any atom is 0.411 e. The van der Waals surface area contributed by atoms with Gasteiger partial charge in [0.2, 0.25) is 5.91 Å². The van der Waals surface area contributed by atoms with Crippen molar-refractivity contribution in [1.29, 1.82) is 0 Å². The van der Waals surface area contributed by atoms with E-state index in [1.807, 2.05) is 0 Å². The molecule has 1 aromatic carbocycles. The highest BCUT2D eigenvalue weighted by Crippen LogP contribution is 2.25. The first-order chi connectivity index (χ1) is 10.3. The number of hydrogen-bond acceptors (Lipinski definition) is 4. The monoisotopic (exact) mass is 342 g/mol. The Bertz CT molecular complexity index is 557. The third-order valence-electron chi connectivity index (χ3n) is 2.92. The fraction of sp³-hybridized carbons (Fsp3) is 0.467. The Morgan fingerprint density at radius 1 is 1.32 bits per heavy atom. The molecule has 7 heteroatoms. The Morgan fingerprint density at radius 3 is 2.55 bits per heavy atom. The minimum absolute atomic E-state index is 0.224. The van der Waals surface area contributed by atoms with Gasteiger partial charge in [-0.3, -0.25) is 9.69 Å². The molecule has 0 radical (unpaired) electrons. The zero-order valence-electron chi connectivity index (χ0n) is 12.8. The van der Waals surface area contributed by atoms with Crippen molar-refractivity contribution >= 4 is 41.1 Å². The highest BCUT2D eigenvalue weighted by molar-refractivity contribution is 7.99. The molecule has 2 amide bonds. The summed E-state index contributed by atoms with van der Waals surface area (Å²) in [6.07, 6.45) is -0.464. The zero-order valence-corrected chi connectivity index (χ0v) is 14.3. The van der Waals surface area contributed by atoms with E-state index in [9.17, 15) is 9.59 Å². The van der Waals surface area contributed by atoms with Crippen LogP contribution in [0.3, 0.4) is 0 Å². The largest absolute Gasteiger partial charge is 0.444 e. The standard InChI is InChI=1S/C15H19ClN2O3S/c1-15(2,3)21-14(20)18-9-22-8-12(18)13(19)17-11-6-4-10(16)5-7-11/h4-7,12H,8-9H2,1-3H3,(H,17,19). The van der Waals surface area contributed by atoms with Gasteiger partial charge in [0.15, 0.2) is 0 Å². The lowest BCUT2D eigenvalue weighted by atomic mass is 10.2. The van der Waals surface area contributed by atoms with E-state index < -0.39 is 17.7 Å². The summed E-state index contributed by atoms with van der Waals surface area (Å²) in [5, 5.41) is 3.40. The van der Waals surface area contributed by atoms with E-state index in [2.05, 4.69) is 5.32 Å². The first-order valence-electron chi connectivity index (χ1n) is 6.90. The maximum atomic E-state index is 12.4. The number of carbonyl (C=O) groups is 2. The second-order valence-electron chi connectivity index (χ2n) is 5.96. The molecule has 0 aliphatic carbocycles. The van der Waals surface area contributed by atoms with Gasteiger partial charge in [0.25, 0.3) is 0 Å². The van der Waals surface area contributed by atoms with Crippen LogP contribution in [0.25, 0.3) is 0 Å². The van der Waals surface area contributed by atoms with Gasteiger partial charge in [-0.2, -0.15) is 0 Å². The van der Waals surface area contributed by atoms with E-state index in [4.69, 9.17) is 16.3 Å². The second kappa shape index (κ2) is 6.79. The molecule has 1 fully saturated rings. The highest BCUT2D eigenvalue weighted by Gasteiger charge is 2.37. The predicted molar refractivity (Wildman–Crippen MR) is 89.3 cm³/mol. The van der Waals surface area contributed by atoms with E-state index in [0.717, 1.165) is 0 Å². The summed E-state index contributed by atoms with van der Waals surface area (Å²) in [4.78, 5) is 26.0. The minimum Gasteiger partial charge on any atom is -0.444 e. The van der Waals surface area contributed by atoms with E-state index in [-0.39, 0.29) is 5.91 Å². The molecule has 1 saturated heterocycles. The van der Waals surface area contributed by atoms with Crippen LogP contribution in [0.5, 0.6) is 0 Å². The minimum atomic E-state index is -0.582. The number of rotatable bonds is 2. The van der Waals surface area contributed by atoms with E-state index >= 15 is 0 Å². The van der Waals surface area contributed by atoms with Crippen LogP contribution in [-0.2, 0) is 9.53 Å². The third kappa shape index (κ3) is 4.55. The van der Waals surface area contributed by atoms with Gasteiger partial charge in [0, 0.05) is 16.5 Å². The molecule has 22 heavy (non-hydrogen) atoms. The van der Waals surface area contributed by atoms with Crippen LogP contribution < -0.4 is 5.32 Å². The summed E-state index contributed by atoms with van der Waals surface area (Å²) in [7, 11) is 0. The lowest BCUT2D eigenvalue weighted by Crippen LogP contribution is -2.46. The average molecular weight is 343 g/mol. The van der Waals surface area contributed by atoms with E-state index in [1.165, 1.54) is 16.7 Å². The van der Waals surface area contributed by atoms with Gasteiger partial charge >= 0.3 is 6.09 Å². The van der Waals surface area contributed by atoms with Crippen molar-refractivity contribution in [2.45, 2.75) is 32.4 Å². The van der Waals surface area contributed by atoms with Gasteiger partial charge in [-0.05, 0) is 45.0 Å². The fourth-order valence-corrected chi connectivity index (χ4v) is 3.19. The molecule has 1 unspecified atom stereocenters. The van der Waals surface area contributed by atoms with Crippen LogP contribution in [0.1, 0.15) is 20.8 Å². The molecule has 0 bridgehead atoms. The van der Waals surface area contributed by atoms with Gasteiger partial charge in [0.1, 0.15) is 11.6 Å². The van der Waals surface area contributed by atoms with Crippen molar-refractivity contribution in [3.05, 3.63) is 29.3 Å². The Hall–Kier alpha value is -1.40. The number of thioether (sulfide) groups is 1. The van der Waals surface area contributed by atoms with Crippen LogP contribution in [0.4, 0.5) is 10.5 Å². The van der Waals surface area contributed by atoms with E-state index in [0.29, 0.717) is 22.3 Å². The molecular weight excluding hydrogens is 324 g/mol. The molecule has 5 nitrogen and oxygen atoms in total. The summed E-state index contributed by atoms with van der Waals surface area (Å²) in [5.41, 5.74) is 0.0668. The van der Waals surface area contributed by atoms with Gasteiger partial charge in [-0.1, -0.05) is 11.6 Å². The number of carbonyl (C=O) groups excluding carboxylic acids is 2. The molecule has 1 aliphatic rings. The Kier molecular flexibility index (Phi) is 5.24. The van der Waals surface area contributed by atoms with Crippen molar-refractivity contribution in [1.82, 2.24) is 4.90 Å². The molecule has 0 saturated carbocycles. The topological polar surface area (TPSA) is 58.6 Å². The van der Waals surface area contributed by atoms with Crippen molar-refractivity contribution in [3.63, 3.8) is 0 Å². The van der Waals surface area contributed by atoms with Crippen molar-refractivity contribution < 1.29 is 14.3 Å². The van der Waals surface area contributed by atoms with Crippen LogP contribution >= 0.6 is 23.4 Å². The summed E-state index contributed by atoms with van der Waals surface area (Å²) in [5.74, 6) is 0.782. The number of halogens is 1. The molecule has 1 atom stereocenters. The van der Waals surface area contributed by atoms with Crippen LogP contribution in [0.15, 0.2) is 24.3 Å². The lowest BCUT2D eigenvalue weighted by molar-refractivity contribution is -0.120. The first-order valence-corrected chi connectivity index (χ1v) is 8.43. The molecule has 0 spiro atoms. The summed E-state index contributed by atoms with van der Waals surface area (Å²) >= 11 is 7.35. The Balaban J connectivity index is 2.01. The molecule has 2 rings (SSSR count). The molecule has 1 N–H and O–H groups in total. The number of amides is 2. The SMILES string of the molecule is CC(C)(C)OC(=O)N1CSCC1C(=O)Nc1ccc(Cl)cc1. The smallest absolute Gasteiger partial charge is 0.411 e. The predicted octanol–water partition coefficient (Wildman–Crippen LogP) is 3.59. The number of nitrogens with zero attached hydrogens (tertiary/aromatic N) is 1. The molecule has 1 aliphatic heterocycles. The van der Waals surface area contributed by atoms with Gasteiger partial charge in [-0.25, -0.2) is 4.79 Å². The Morgan fingerprint density at radius 2 is 1.95 bits per heavy atom. The van der Waals surface area contributed by atoms with Gasteiger partial charge in [-0.15, -0.1) is 11.8 Å². The maximum absolute atomic E-state index is 12.4. The number of benzene rings is 1. The second-order valence-corrected chi connectivity index (χ2v) is 7.40. The normalized spacial score (nSPS) is 18.2. The fourth-order valence-electron chi connectivity index (χ4n) is 1.92. The van der Waals surface area contributed by atoms with Crippen molar-refractivity contribution in [2.75, 3.05) is 16.9 Å². The lowest BCUT2D eigenvalue weighted by Gasteiger charge is -2.27. The van der Waals surface area contributed by atoms with E-state index in [1.54, 1.807) is 45.0 Å². The molecule has 1 aromatic rings. The molecule has 0 aromatic heterocycles. The van der Waals surface area contributed by atoms with Gasteiger partial charge < -0.3 is 10.1 Å². The van der Waals surface area contributed by atoms with Crippen molar-refractivity contribution in [3.8, 4) is 0 Å². The number of hydrogen-bond donors (Lipinski definition) is 1. The third-order valence-corrected chi connectivity index (χ3v) is 4.19. The number of ether oxygens (including phenoxy) is 1. The van der Waals surface area contributed by atoms with Crippen LogP contribution in [-0.4, -0.2) is 40.2 Å². The zero-order chi connectivity index (χ0) is 16.3. The summed E-state index contributed by atoms with van der Waals surface area (Å²) in [6.45, 7) is 5.41. The van der Waals surface area contributed by atoms with Crippen LogP contribution in [0.2, 0.25) is 5.02 Å². The van der Waals surface area contributed by atoms with Crippen LogP contribution in [0, 0.1) is 0 Å². The quantitative estimate of drug-likeness (QED) is 0.892. The molecule has 1 heterocycles. The number of nitrogens with one attached hydrogen (secondary N) is 1. The average Bonchev–Trinajstić information content (AvgIpc) is 2.89. The highest BCUT2D eigenvalue weighted by atomic mass is 35.5. The Labute approximate surface area is 139 Å². The number of anilines is 1. The summed E-state index contributed by atoms with van der Waals surface area (Å²) in [6, 6.07) is 6.31. The van der Waals surface area contributed by atoms with Crippen molar-refractivity contribution in [2.24, 2.45) is 0 Å². The van der Waals surface area contributed by atoms with Gasteiger partial charge in [0.05, 0.1) is 5.88 Å². The molecule has 120 valence electrons.